The first-order chi connectivity index (χ1) is 16.3. The van der Waals surface area contributed by atoms with E-state index in [2.05, 4.69) is 30.1 Å². The minimum atomic E-state index is -3.90. The van der Waals surface area contributed by atoms with E-state index in [1.165, 1.54) is 42.7 Å². The molecule has 2 N–H and O–H groups in total. The third kappa shape index (κ3) is 5.13. The van der Waals surface area contributed by atoms with Gasteiger partial charge in [0, 0.05) is 42.1 Å². The van der Waals surface area contributed by atoms with Crippen LogP contribution in [-0.2, 0) is 14.8 Å². The Balaban J connectivity index is 1.48. The lowest BCUT2D eigenvalue weighted by molar-refractivity contribution is -0.119. The SMILES string of the molecule is CC(C(=O)Nc1ccc(S(=O)(=O)Nc2ncccn2)cc1)n1nc(-c2cccnc2)ccc1=O. The average Bonchev–Trinajstić information content (AvgIpc) is 2.85. The van der Waals surface area contributed by atoms with Crippen molar-refractivity contribution in [3.05, 3.63) is 89.7 Å². The molecule has 0 spiro atoms. The molecular formula is C22H19N7O4S. The molecule has 0 radical (unpaired) electrons. The number of nitrogens with zero attached hydrogens (tertiary/aromatic N) is 5. The number of anilines is 2. The van der Waals surface area contributed by atoms with Gasteiger partial charge in [0.05, 0.1) is 10.6 Å². The van der Waals surface area contributed by atoms with Crippen molar-refractivity contribution in [3.63, 3.8) is 0 Å². The highest BCUT2D eigenvalue weighted by atomic mass is 32.2. The van der Waals surface area contributed by atoms with Gasteiger partial charge in [0.25, 0.3) is 15.6 Å². The van der Waals surface area contributed by atoms with Gasteiger partial charge in [-0.2, -0.15) is 5.10 Å². The summed E-state index contributed by atoms with van der Waals surface area (Å²) in [4.78, 5) is 36.8. The summed E-state index contributed by atoms with van der Waals surface area (Å²) in [5, 5.41) is 6.96. The Morgan fingerprint density at radius 2 is 1.71 bits per heavy atom. The quantitative estimate of drug-likeness (QED) is 0.411. The molecule has 172 valence electrons. The van der Waals surface area contributed by atoms with Gasteiger partial charge in [-0.3, -0.25) is 14.6 Å². The lowest BCUT2D eigenvalue weighted by atomic mass is 10.2. The van der Waals surface area contributed by atoms with Crippen LogP contribution in [0.15, 0.2) is 89.1 Å². The Bertz CT molecular complexity index is 1460. The van der Waals surface area contributed by atoms with Crippen molar-refractivity contribution < 1.29 is 13.2 Å². The second-order valence-electron chi connectivity index (χ2n) is 7.11. The monoisotopic (exact) mass is 477 g/mol. The molecule has 0 aliphatic rings. The predicted octanol–water partition coefficient (Wildman–Crippen LogP) is 2.10. The topological polar surface area (TPSA) is 149 Å². The van der Waals surface area contributed by atoms with E-state index in [9.17, 15) is 18.0 Å². The Hall–Kier alpha value is -4.45. The molecule has 0 bridgehead atoms. The van der Waals surface area contributed by atoms with E-state index in [1.54, 1.807) is 43.6 Å². The fraction of sp³-hybridized carbons (Fsp3) is 0.0909. The van der Waals surface area contributed by atoms with Crippen molar-refractivity contribution in [1.82, 2.24) is 24.7 Å². The van der Waals surface area contributed by atoms with Crippen LogP contribution in [-0.4, -0.2) is 39.1 Å². The number of carbonyl (C=O) groups is 1. The highest BCUT2D eigenvalue weighted by molar-refractivity contribution is 7.92. The first-order valence-electron chi connectivity index (χ1n) is 10.0. The zero-order valence-corrected chi connectivity index (χ0v) is 18.7. The molecule has 0 saturated carbocycles. The van der Waals surface area contributed by atoms with E-state index in [-0.39, 0.29) is 10.8 Å². The Kier molecular flexibility index (Phi) is 6.41. The molecule has 3 aromatic heterocycles. The van der Waals surface area contributed by atoms with Crippen LogP contribution >= 0.6 is 0 Å². The largest absolute Gasteiger partial charge is 0.324 e. The summed E-state index contributed by atoms with van der Waals surface area (Å²) >= 11 is 0. The summed E-state index contributed by atoms with van der Waals surface area (Å²) in [5.41, 5.74) is 1.11. The van der Waals surface area contributed by atoms with E-state index < -0.39 is 27.5 Å². The zero-order valence-electron chi connectivity index (χ0n) is 17.9. The molecule has 11 nitrogen and oxygen atoms in total. The van der Waals surface area contributed by atoms with Gasteiger partial charge < -0.3 is 5.32 Å². The van der Waals surface area contributed by atoms with Crippen LogP contribution in [0.3, 0.4) is 0 Å². The molecule has 0 aliphatic heterocycles. The highest BCUT2D eigenvalue weighted by Gasteiger charge is 2.20. The van der Waals surface area contributed by atoms with Crippen LogP contribution in [0.2, 0.25) is 0 Å². The van der Waals surface area contributed by atoms with E-state index in [0.717, 1.165) is 4.68 Å². The van der Waals surface area contributed by atoms with Crippen molar-refractivity contribution in [2.24, 2.45) is 0 Å². The molecule has 0 fully saturated rings. The maximum Gasteiger partial charge on any atom is 0.267 e. The Labute approximate surface area is 194 Å². The average molecular weight is 478 g/mol. The van der Waals surface area contributed by atoms with Gasteiger partial charge in [0.15, 0.2) is 0 Å². The van der Waals surface area contributed by atoms with E-state index >= 15 is 0 Å². The normalized spacial score (nSPS) is 12.0. The minimum Gasteiger partial charge on any atom is -0.324 e. The van der Waals surface area contributed by atoms with Crippen LogP contribution in [0, 0.1) is 0 Å². The van der Waals surface area contributed by atoms with E-state index in [0.29, 0.717) is 16.9 Å². The first kappa shape index (κ1) is 22.7. The Morgan fingerprint density at radius 3 is 2.38 bits per heavy atom. The number of hydrogen-bond donors (Lipinski definition) is 2. The summed E-state index contributed by atoms with van der Waals surface area (Å²) in [7, 11) is -3.90. The first-order valence-corrected chi connectivity index (χ1v) is 11.5. The molecule has 0 aliphatic carbocycles. The summed E-state index contributed by atoms with van der Waals surface area (Å²) in [6.07, 6.45) is 6.06. The number of benzene rings is 1. The highest BCUT2D eigenvalue weighted by Crippen LogP contribution is 2.18. The third-order valence-corrected chi connectivity index (χ3v) is 6.10. The summed E-state index contributed by atoms with van der Waals surface area (Å²) < 4.78 is 28.3. The van der Waals surface area contributed by atoms with Gasteiger partial charge in [0.2, 0.25) is 11.9 Å². The van der Waals surface area contributed by atoms with Crippen LogP contribution in [0.4, 0.5) is 11.6 Å². The molecule has 1 amide bonds. The number of amides is 1. The van der Waals surface area contributed by atoms with E-state index in [1.807, 2.05) is 0 Å². The third-order valence-electron chi connectivity index (χ3n) is 4.75. The van der Waals surface area contributed by atoms with Crippen molar-refractivity contribution in [2.75, 3.05) is 10.0 Å². The second kappa shape index (κ2) is 9.58. The maximum atomic E-state index is 12.8. The lowest BCUT2D eigenvalue weighted by Crippen LogP contribution is -2.33. The molecule has 4 aromatic rings. The number of aromatic nitrogens is 5. The number of pyridine rings is 1. The van der Waals surface area contributed by atoms with Crippen LogP contribution in [0.1, 0.15) is 13.0 Å². The van der Waals surface area contributed by atoms with Gasteiger partial charge in [-0.25, -0.2) is 27.8 Å². The molecule has 4 rings (SSSR count). The lowest BCUT2D eigenvalue weighted by Gasteiger charge is -2.15. The predicted molar refractivity (Wildman–Crippen MR) is 124 cm³/mol. The zero-order chi connectivity index (χ0) is 24.1. The molecule has 34 heavy (non-hydrogen) atoms. The van der Waals surface area contributed by atoms with Crippen molar-refractivity contribution in [1.29, 1.82) is 0 Å². The minimum absolute atomic E-state index is 0.0342. The summed E-state index contributed by atoms with van der Waals surface area (Å²) in [6.45, 7) is 1.54. The maximum absolute atomic E-state index is 12.8. The van der Waals surface area contributed by atoms with Gasteiger partial charge in [-0.15, -0.1) is 0 Å². The van der Waals surface area contributed by atoms with Gasteiger partial charge in [-0.05, 0) is 55.5 Å². The fourth-order valence-electron chi connectivity index (χ4n) is 2.98. The summed E-state index contributed by atoms with van der Waals surface area (Å²) in [6, 6.07) is 12.6. The number of rotatable bonds is 7. The van der Waals surface area contributed by atoms with E-state index in [4.69, 9.17) is 0 Å². The van der Waals surface area contributed by atoms with Crippen molar-refractivity contribution >= 4 is 27.6 Å². The van der Waals surface area contributed by atoms with Gasteiger partial charge in [0.1, 0.15) is 6.04 Å². The fourth-order valence-corrected chi connectivity index (χ4v) is 3.94. The van der Waals surface area contributed by atoms with Gasteiger partial charge in [-0.1, -0.05) is 0 Å². The van der Waals surface area contributed by atoms with Gasteiger partial charge >= 0.3 is 0 Å². The van der Waals surface area contributed by atoms with Crippen LogP contribution in [0.25, 0.3) is 11.3 Å². The molecule has 3 heterocycles. The standard InChI is InChI=1S/C22H19N7O4S/c1-15(29-20(30)10-9-19(27-29)16-4-2-11-23-14-16)21(31)26-17-5-7-18(8-6-17)34(32,33)28-22-24-12-3-13-25-22/h2-15H,1H3,(H,26,31)(H,24,25,28). The molecule has 1 aromatic carbocycles. The number of carbonyl (C=O) groups excluding carboxylic acids is 1. The smallest absolute Gasteiger partial charge is 0.267 e. The van der Waals surface area contributed by atoms with Crippen LogP contribution < -0.4 is 15.6 Å². The summed E-state index contributed by atoms with van der Waals surface area (Å²) in [5.74, 6) is -0.551. The van der Waals surface area contributed by atoms with Crippen molar-refractivity contribution in [3.8, 4) is 11.3 Å². The second-order valence-corrected chi connectivity index (χ2v) is 8.79. The number of sulfonamides is 1. The Morgan fingerprint density at radius 1 is 0.971 bits per heavy atom. The van der Waals surface area contributed by atoms with Crippen molar-refractivity contribution in [2.45, 2.75) is 17.9 Å². The van der Waals surface area contributed by atoms with Crippen LogP contribution in [0.5, 0.6) is 0 Å². The molecule has 0 saturated heterocycles. The molecular weight excluding hydrogens is 458 g/mol. The molecule has 1 atom stereocenters. The number of nitrogens with one attached hydrogen (secondary N) is 2. The molecule has 12 heteroatoms. The molecule has 1 unspecified atom stereocenters. The number of hydrogen-bond acceptors (Lipinski definition) is 8.